The SMILES string of the molecule is CCCC1CNC(CC)CN1Cc1ccc(Cl)cc1. The summed E-state index contributed by atoms with van der Waals surface area (Å²) in [4.78, 5) is 2.64. The van der Waals surface area contributed by atoms with Crippen LogP contribution in [0.15, 0.2) is 24.3 Å². The van der Waals surface area contributed by atoms with E-state index in [1.54, 1.807) is 0 Å². The van der Waals surface area contributed by atoms with Crippen LogP contribution in [0, 0.1) is 0 Å². The second-order valence-corrected chi connectivity index (χ2v) is 5.95. The molecule has 1 aliphatic rings. The average Bonchev–Trinajstić information content (AvgIpc) is 2.43. The van der Waals surface area contributed by atoms with Crippen molar-refractivity contribution >= 4 is 11.6 Å². The topological polar surface area (TPSA) is 15.3 Å². The van der Waals surface area contributed by atoms with Crippen molar-refractivity contribution in [2.24, 2.45) is 0 Å². The molecule has 1 heterocycles. The van der Waals surface area contributed by atoms with Crippen molar-refractivity contribution in [1.29, 1.82) is 0 Å². The van der Waals surface area contributed by atoms with Crippen LogP contribution in [0.5, 0.6) is 0 Å². The first-order valence-electron chi connectivity index (χ1n) is 7.44. The second-order valence-electron chi connectivity index (χ2n) is 5.51. The predicted molar refractivity (Wildman–Crippen MR) is 82.6 cm³/mol. The molecule has 0 aromatic heterocycles. The maximum absolute atomic E-state index is 5.95. The summed E-state index contributed by atoms with van der Waals surface area (Å²) in [6.07, 6.45) is 3.73. The van der Waals surface area contributed by atoms with Crippen LogP contribution in [0.1, 0.15) is 38.7 Å². The molecular weight excluding hydrogens is 256 g/mol. The average molecular weight is 281 g/mol. The first-order valence-corrected chi connectivity index (χ1v) is 7.82. The summed E-state index contributed by atoms with van der Waals surface area (Å²) >= 11 is 5.95. The third-order valence-corrected chi connectivity index (χ3v) is 4.28. The van der Waals surface area contributed by atoms with Crippen LogP contribution in [0.4, 0.5) is 0 Å². The van der Waals surface area contributed by atoms with Crippen molar-refractivity contribution in [3.63, 3.8) is 0 Å². The lowest BCUT2D eigenvalue weighted by atomic mass is 10.0. The van der Waals surface area contributed by atoms with E-state index in [1.807, 2.05) is 12.1 Å². The fourth-order valence-electron chi connectivity index (χ4n) is 2.84. The maximum Gasteiger partial charge on any atom is 0.0406 e. The van der Waals surface area contributed by atoms with Gasteiger partial charge < -0.3 is 5.32 Å². The molecule has 2 rings (SSSR count). The van der Waals surface area contributed by atoms with Crippen LogP contribution in [-0.2, 0) is 6.54 Å². The van der Waals surface area contributed by atoms with Gasteiger partial charge in [-0.1, -0.05) is 44.0 Å². The maximum atomic E-state index is 5.95. The van der Waals surface area contributed by atoms with E-state index in [2.05, 4.69) is 36.2 Å². The molecule has 0 radical (unpaired) electrons. The Morgan fingerprint density at radius 3 is 2.63 bits per heavy atom. The number of benzene rings is 1. The molecule has 3 heteroatoms. The van der Waals surface area contributed by atoms with Gasteiger partial charge in [-0.3, -0.25) is 4.90 Å². The molecule has 0 amide bonds. The molecule has 1 aliphatic heterocycles. The Balaban J connectivity index is 2.02. The van der Waals surface area contributed by atoms with Crippen LogP contribution in [0.2, 0.25) is 5.02 Å². The van der Waals surface area contributed by atoms with Gasteiger partial charge in [0.2, 0.25) is 0 Å². The minimum Gasteiger partial charge on any atom is -0.311 e. The standard InChI is InChI=1S/C16H25ClN2/c1-3-5-16-10-18-15(4-2)12-19(16)11-13-6-8-14(17)9-7-13/h6-9,15-16,18H,3-5,10-12H2,1-2H3. The number of hydrogen-bond donors (Lipinski definition) is 1. The second kappa shape index (κ2) is 7.28. The first kappa shape index (κ1) is 14.8. The van der Waals surface area contributed by atoms with E-state index in [0.717, 1.165) is 24.7 Å². The smallest absolute Gasteiger partial charge is 0.0406 e. The molecule has 0 spiro atoms. The third kappa shape index (κ3) is 4.20. The highest BCUT2D eigenvalue weighted by Gasteiger charge is 2.26. The summed E-state index contributed by atoms with van der Waals surface area (Å²) in [6, 6.07) is 9.59. The Morgan fingerprint density at radius 2 is 2.00 bits per heavy atom. The predicted octanol–water partition coefficient (Wildman–Crippen LogP) is 3.69. The zero-order chi connectivity index (χ0) is 13.7. The number of nitrogens with one attached hydrogen (secondary N) is 1. The molecular formula is C16H25ClN2. The van der Waals surface area contributed by atoms with Crippen molar-refractivity contribution < 1.29 is 0 Å². The van der Waals surface area contributed by atoms with Gasteiger partial charge >= 0.3 is 0 Å². The molecule has 0 saturated carbocycles. The van der Waals surface area contributed by atoms with Gasteiger partial charge in [-0.2, -0.15) is 0 Å². The van der Waals surface area contributed by atoms with E-state index >= 15 is 0 Å². The van der Waals surface area contributed by atoms with E-state index in [-0.39, 0.29) is 0 Å². The summed E-state index contributed by atoms with van der Waals surface area (Å²) in [7, 11) is 0. The van der Waals surface area contributed by atoms with Gasteiger partial charge in [0, 0.05) is 36.7 Å². The van der Waals surface area contributed by atoms with Crippen LogP contribution < -0.4 is 5.32 Å². The number of hydrogen-bond acceptors (Lipinski definition) is 2. The lowest BCUT2D eigenvalue weighted by Gasteiger charge is -2.40. The molecule has 1 N–H and O–H groups in total. The van der Waals surface area contributed by atoms with E-state index in [1.165, 1.54) is 24.8 Å². The van der Waals surface area contributed by atoms with Crippen molar-refractivity contribution in [2.75, 3.05) is 13.1 Å². The van der Waals surface area contributed by atoms with Crippen LogP contribution in [0.3, 0.4) is 0 Å². The zero-order valence-corrected chi connectivity index (χ0v) is 12.8. The monoisotopic (exact) mass is 280 g/mol. The summed E-state index contributed by atoms with van der Waals surface area (Å²) in [6.45, 7) is 7.86. The lowest BCUT2D eigenvalue weighted by molar-refractivity contribution is 0.113. The molecule has 1 aromatic carbocycles. The quantitative estimate of drug-likeness (QED) is 0.885. The van der Waals surface area contributed by atoms with E-state index in [9.17, 15) is 0 Å². The number of piperazine rings is 1. The van der Waals surface area contributed by atoms with Crippen molar-refractivity contribution in [3.05, 3.63) is 34.9 Å². The normalized spacial score (nSPS) is 24.6. The summed E-state index contributed by atoms with van der Waals surface area (Å²) in [5, 5.41) is 4.49. The van der Waals surface area contributed by atoms with Crippen molar-refractivity contribution in [2.45, 2.75) is 51.7 Å². The molecule has 2 atom stereocenters. The Kier molecular flexibility index (Phi) is 5.68. The van der Waals surface area contributed by atoms with Gasteiger partial charge in [0.05, 0.1) is 0 Å². The van der Waals surface area contributed by atoms with Gasteiger partial charge in [0.1, 0.15) is 0 Å². The third-order valence-electron chi connectivity index (χ3n) is 4.03. The number of halogens is 1. The highest BCUT2D eigenvalue weighted by atomic mass is 35.5. The molecule has 1 aromatic rings. The van der Waals surface area contributed by atoms with E-state index in [0.29, 0.717) is 12.1 Å². The number of nitrogens with zero attached hydrogens (tertiary/aromatic N) is 1. The summed E-state index contributed by atoms with van der Waals surface area (Å²) < 4.78 is 0. The molecule has 1 saturated heterocycles. The van der Waals surface area contributed by atoms with Crippen LogP contribution >= 0.6 is 11.6 Å². The minimum absolute atomic E-state index is 0.639. The van der Waals surface area contributed by atoms with Crippen LogP contribution in [-0.4, -0.2) is 30.1 Å². The van der Waals surface area contributed by atoms with Gasteiger partial charge in [-0.05, 0) is 30.5 Å². The Hall–Kier alpha value is -0.570. The minimum atomic E-state index is 0.639. The Morgan fingerprint density at radius 1 is 1.26 bits per heavy atom. The molecule has 106 valence electrons. The summed E-state index contributed by atoms with van der Waals surface area (Å²) in [5.74, 6) is 0. The summed E-state index contributed by atoms with van der Waals surface area (Å²) in [5.41, 5.74) is 1.36. The highest BCUT2D eigenvalue weighted by Crippen LogP contribution is 2.18. The fourth-order valence-corrected chi connectivity index (χ4v) is 2.96. The molecule has 2 unspecified atom stereocenters. The van der Waals surface area contributed by atoms with Crippen molar-refractivity contribution in [3.8, 4) is 0 Å². The molecule has 1 fully saturated rings. The van der Waals surface area contributed by atoms with Gasteiger partial charge in [0.25, 0.3) is 0 Å². The Labute approximate surface area is 122 Å². The van der Waals surface area contributed by atoms with Gasteiger partial charge in [-0.15, -0.1) is 0 Å². The van der Waals surface area contributed by atoms with Crippen molar-refractivity contribution in [1.82, 2.24) is 10.2 Å². The molecule has 0 bridgehead atoms. The van der Waals surface area contributed by atoms with Crippen LogP contribution in [0.25, 0.3) is 0 Å². The van der Waals surface area contributed by atoms with E-state index in [4.69, 9.17) is 11.6 Å². The molecule has 0 aliphatic carbocycles. The highest BCUT2D eigenvalue weighted by molar-refractivity contribution is 6.30. The fraction of sp³-hybridized carbons (Fsp3) is 0.625. The van der Waals surface area contributed by atoms with Gasteiger partial charge in [0.15, 0.2) is 0 Å². The molecule has 19 heavy (non-hydrogen) atoms. The lowest BCUT2D eigenvalue weighted by Crippen LogP contribution is -2.55. The first-order chi connectivity index (χ1) is 9.22. The Bertz CT molecular complexity index is 377. The molecule has 2 nitrogen and oxygen atoms in total. The number of rotatable bonds is 5. The zero-order valence-electron chi connectivity index (χ0n) is 12.0. The van der Waals surface area contributed by atoms with E-state index < -0.39 is 0 Å². The largest absolute Gasteiger partial charge is 0.311 e. The van der Waals surface area contributed by atoms with Gasteiger partial charge in [-0.25, -0.2) is 0 Å².